The van der Waals surface area contributed by atoms with Gasteiger partial charge in [0.2, 0.25) is 5.91 Å². The third-order valence-electron chi connectivity index (χ3n) is 2.29. The van der Waals surface area contributed by atoms with Gasteiger partial charge < -0.3 is 14.5 Å². The van der Waals surface area contributed by atoms with E-state index in [4.69, 9.17) is 9.15 Å². The lowest BCUT2D eigenvalue weighted by Gasteiger charge is -2.03. The van der Waals surface area contributed by atoms with Gasteiger partial charge in [-0.3, -0.25) is 4.79 Å². The number of nitrogens with zero attached hydrogens (tertiary/aromatic N) is 1. The molecule has 1 heterocycles. The predicted molar refractivity (Wildman–Crippen MR) is 63.9 cm³/mol. The monoisotopic (exact) mass is 234 g/mol. The van der Waals surface area contributed by atoms with Gasteiger partial charge in [-0.05, 0) is 18.2 Å². The molecule has 1 amide bonds. The van der Waals surface area contributed by atoms with Crippen LogP contribution in [0.15, 0.2) is 22.6 Å². The Kier molecular flexibility index (Phi) is 3.39. The minimum absolute atomic E-state index is 0.0388. The fourth-order valence-corrected chi connectivity index (χ4v) is 1.53. The first kappa shape index (κ1) is 11.6. The Labute approximate surface area is 98.8 Å². The number of carbonyl (C=O) groups excluding carboxylic acids is 1. The SMILES string of the molecule is CCc1nc2cc(NC(=O)COC)ccc2o1. The van der Waals surface area contributed by atoms with Crippen molar-refractivity contribution in [1.82, 2.24) is 4.98 Å². The van der Waals surface area contributed by atoms with Gasteiger partial charge in [-0.15, -0.1) is 0 Å². The molecule has 0 atom stereocenters. The van der Waals surface area contributed by atoms with Crippen LogP contribution in [-0.2, 0) is 16.0 Å². The molecule has 2 aromatic rings. The van der Waals surface area contributed by atoms with E-state index in [-0.39, 0.29) is 12.5 Å². The third-order valence-corrected chi connectivity index (χ3v) is 2.29. The molecule has 0 aliphatic rings. The molecule has 0 unspecified atom stereocenters. The van der Waals surface area contributed by atoms with Crippen LogP contribution in [0.3, 0.4) is 0 Å². The summed E-state index contributed by atoms with van der Waals surface area (Å²) in [5, 5.41) is 2.72. The lowest BCUT2D eigenvalue weighted by atomic mass is 10.3. The maximum absolute atomic E-state index is 11.3. The smallest absolute Gasteiger partial charge is 0.250 e. The van der Waals surface area contributed by atoms with E-state index in [1.165, 1.54) is 7.11 Å². The summed E-state index contributed by atoms with van der Waals surface area (Å²) in [6.07, 6.45) is 0.750. The van der Waals surface area contributed by atoms with Crippen molar-refractivity contribution < 1.29 is 13.9 Å². The van der Waals surface area contributed by atoms with E-state index >= 15 is 0 Å². The molecule has 1 N–H and O–H groups in total. The van der Waals surface area contributed by atoms with Crippen molar-refractivity contribution >= 4 is 22.7 Å². The van der Waals surface area contributed by atoms with Gasteiger partial charge in [0.1, 0.15) is 12.1 Å². The lowest BCUT2D eigenvalue weighted by molar-refractivity contribution is -0.119. The number of carbonyl (C=O) groups is 1. The van der Waals surface area contributed by atoms with Gasteiger partial charge in [0.15, 0.2) is 11.5 Å². The van der Waals surface area contributed by atoms with E-state index in [9.17, 15) is 4.79 Å². The van der Waals surface area contributed by atoms with Crippen LogP contribution in [-0.4, -0.2) is 24.6 Å². The summed E-state index contributed by atoms with van der Waals surface area (Å²) >= 11 is 0. The summed E-state index contributed by atoms with van der Waals surface area (Å²) in [7, 11) is 1.48. The summed E-state index contributed by atoms with van der Waals surface area (Å²) in [5.41, 5.74) is 2.17. The zero-order valence-electron chi connectivity index (χ0n) is 9.82. The number of amides is 1. The van der Waals surface area contributed by atoms with Crippen LogP contribution in [0.5, 0.6) is 0 Å². The van der Waals surface area contributed by atoms with Gasteiger partial charge in [0.25, 0.3) is 0 Å². The maximum atomic E-state index is 11.3. The van der Waals surface area contributed by atoms with Crippen LogP contribution in [0.25, 0.3) is 11.1 Å². The minimum atomic E-state index is -0.189. The molecule has 0 aliphatic carbocycles. The number of hydrogen-bond acceptors (Lipinski definition) is 4. The number of nitrogens with one attached hydrogen (secondary N) is 1. The second kappa shape index (κ2) is 4.97. The highest BCUT2D eigenvalue weighted by molar-refractivity contribution is 5.93. The molecular weight excluding hydrogens is 220 g/mol. The average molecular weight is 234 g/mol. The Bertz CT molecular complexity index is 534. The highest BCUT2D eigenvalue weighted by atomic mass is 16.5. The Hall–Kier alpha value is -1.88. The fraction of sp³-hybridized carbons (Fsp3) is 0.333. The number of ether oxygens (including phenoxy) is 1. The topological polar surface area (TPSA) is 64.4 Å². The number of benzene rings is 1. The molecule has 0 saturated carbocycles. The van der Waals surface area contributed by atoms with E-state index in [2.05, 4.69) is 10.3 Å². The second-order valence-corrected chi connectivity index (χ2v) is 3.62. The lowest BCUT2D eigenvalue weighted by Crippen LogP contribution is -2.16. The van der Waals surface area contributed by atoms with Gasteiger partial charge in [0, 0.05) is 19.2 Å². The highest BCUT2D eigenvalue weighted by Gasteiger charge is 2.06. The number of aryl methyl sites for hydroxylation is 1. The minimum Gasteiger partial charge on any atom is -0.441 e. The van der Waals surface area contributed by atoms with Crippen molar-refractivity contribution in [3.63, 3.8) is 0 Å². The number of hydrogen-bond donors (Lipinski definition) is 1. The summed E-state index contributed by atoms with van der Waals surface area (Å²) in [6, 6.07) is 5.36. The van der Waals surface area contributed by atoms with Crippen molar-refractivity contribution in [2.45, 2.75) is 13.3 Å². The average Bonchev–Trinajstić information content (AvgIpc) is 2.71. The Morgan fingerprint density at radius 1 is 1.53 bits per heavy atom. The van der Waals surface area contributed by atoms with Crippen molar-refractivity contribution in [1.29, 1.82) is 0 Å². The van der Waals surface area contributed by atoms with Crippen molar-refractivity contribution in [2.75, 3.05) is 19.0 Å². The van der Waals surface area contributed by atoms with Crippen LogP contribution < -0.4 is 5.32 Å². The first-order valence-electron chi connectivity index (χ1n) is 5.41. The van der Waals surface area contributed by atoms with Crippen LogP contribution in [0.4, 0.5) is 5.69 Å². The predicted octanol–water partition coefficient (Wildman–Crippen LogP) is 1.98. The Morgan fingerprint density at radius 2 is 2.35 bits per heavy atom. The highest BCUT2D eigenvalue weighted by Crippen LogP contribution is 2.20. The molecule has 0 radical (unpaired) electrons. The molecule has 17 heavy (non-hydrogen) atoms. The quantitative estimate of drug-likeness (QED) is 0.878. The first-order valence-corrected chi connectivity index (χ1v) is 5.41. The number of anilines is 1. The molecule has 0 aliphatic heterocycles. The standard InChI is InChI=1S/C12H14N2O3/c1-3-12-14-9-6-8(4-5-10(9)17-12)13-11(15)7-16-2/h4-6H,3,7H2,1-2H3,(H,13,15). The van der Waals surface area contributed by atoms with Crippen molar-refractivity contribution in [3.05, 3.63) is 24.1 Å². The second-order valence-electron chi connectivity index (χ2n) is 3.62. The molecular formula is C12H14N2O3. The summed E-state index contributed by atoms with van der Waals surface area (Å²) in [5.74, 6) is 0.506. The van der Waals surface area contributed by atoms with Crippen LogP contribution in [0.1, 0.15) is 12.8 Å². The van der Waals surface area contributed by atoms with E-state index in [0.717, 1.165) is 17.5 Å². The van der Waals surface area contributed by atoms with Gasteiger partial charge in [-0.25, -0.2) is 4.98 Å². The van der Waals surface area contributed by atoms with E-state index in [1.54, 1.807) is 18.2 Å². The molecule has 2 rings (SSSR count). The largest absolute Gasteiger partial charge is 0.441 e. The maximum Gasteiger partial charge on any atom is 0.250 e. The van der Waals surface area contributed by atoms with E-state index < -0.39 is 0 Å². The number of fused-ring (bicyclic) bond motifs is 1. The third kappa shape index (κ3) is 2.62. The zero-order chi connectivity index (χ0) is 12.3. The van der Waals surface area contributed by atoms with Crippen molar-refractivity contribution in [2.24, 2.45) is 0 Å². The summed E-state index contributed by atoms with van der Waals surface area (Å²) < 4.78 is 10.2. The summed E-state index contributed by atoms with van der Waals surface area (Å²) in [6.45, 7) is 2.02. The summed E-state index contributed by atoms with van der Waals surface area (Å²) in [4.78, 5) is 15.6. The van der Waals surface area contributed by atoms with Gasteiger partial charge in [-0.2, -0.15) is 0 Å². The van der Waals surface area contributed by atoms with Crippen molar-refractivity contribution in [3.8, 4) is 0 Å². The van der Waals surface area contributed by atoms with Gasteiger partial charge in [0.05, 0.1) is 0 Å². The van der Waals surface area contributed by atoms with Crippen LogP contribution in [0.2, 0.25) is 0 Å². The zero-order valence-corrected chi connectivity index (χ0v) is 9.82. The molecule has 0 bridgehead atoms. The molecule has 1 aromatic carbocycles. The van der Waals surface area contributed by atoms with E-state index in [1.807, 2.05) is 6.92 Å². The first-order chi connectivity index (χ1) is 8.22. The Balaban J connectivity index is 2.21. The normalized spacial score (nSPS) is 10.7. The molecule has 1 aromatic heterocycles. The van der Waals surface area contributed by atoms with Crippen LogP contribution in [0, 0.1) is 0 Å². The number of rotatable bonds is 4. The Morgan fingerprint density at radius 3 is 3.06 bits per heavy atom. The van der Waals surface area contributed by atoms with E-state index in [0.29, 0.717) is 11.6 Å². The van der Waals surface area contributed by atoms with Gasteiger partial charge in [-0.1, -0.05) is 6.92 Å². The molecule has 90 valence electrons. The molecule has 5 nitrogen and oxygen atoms in total. The molecule has 5 heteroatoms. The van der Waals surface area contributed by atoms with Crippen LogP contribution >= 0.6 is 0 Å². The fourth-order valence-electron chi connectivity index (χ4n) is 1.53. The molecule has 0 spiro atoms. The number of oxazole rings is 1. The van der Waals surface area contributed by atoms with Gasteiger partial charge >= 0.3 is 0 Å². The number of aromatic nitrogens is 1. The molecule has 0 fully saturated rings. The molecule has 0 saturated heterocycles. The number of methoxy groups -OCH3 is 1.